The normalized spacial score (nSPS) is 12.0. The number of quaternary nitrogens is 3. The molecule has 0 aliphatic heterocycles. The van der Waals surface area contributed by atoms with Crippen LogP contribution >= 0.6 is 7.82 Å². The second-order valence-electron chi connectivity index (χ2n) is 12.6. The Labute approximate surface area is 259 Å². The molecule has 0 aliphatic rings. The van der Waals surface area contributed by atoms with Crippen LogP contribution < -0.4 is 14.7 Å². The maximum Gasteiger partial charge on any atom is 0.0784 e. The zero-order valence-electron chi connectivity index (χ0n) is 30.3. The second-order valence-corrected chi connectivity index (χ2v) is 13.5. The molecule has 7 nitrogen and oxygen atoms in total. The number of hydrogen-bond donors (Lipinski definition) is 0. The minimum Gasteiger partial charge on any atom is -0.822 e. The lowest BCUT2D eigenvalue weighted by molar-refractivity contribution is -0.906. The Balaban J connectivity index is -0.000000231. The van der Waals surface area contributed by atoms with E-state index in [1.807, 2.05) is 0 Å². The van der Waals surface area contributed by atoms with Gasteiger partial charge in [0.05, 0.1) is 80.0 Å². The summed E-state index contributed by atoms with van der Waals surface area (Å²) in [6, 6.07) is 0. The highest BCUT2D eigenvalue weighted by Gasteiger charge is 2.16. The minimum atomic E-state index is -5.39. The lowest BCUT2D eigenvalue weighted by Crippen LogP contribution is -2.44. The van der Waals surface area contributed by atoms with Crippen molar-refractivity contribution in [2.45, 2.75) is 139 Å². The molecule has 0 aromatic rings. The second kappa shape index (κ2) is 30.0. The lowest BCUT2D eigenvalue weighted by Gasteiger charge is -2.36. The van der Waals surface area contributed by atoms with Gasteiger partial charge in [0.2, 0.25) is 0 Å². The molecule has 0 N–H and O–H groups in total. The van der Waals surface area contributed by atoms with Gasteiger partial charge in [0, 0.05) is 0 Å². The largest absolute Gasteiger partial charge is 0.822 e. The molecule has 254 valence electrons. The van der Waals surface area contributed by atoms with Crippen LogP contribution in [0.1, 0.15) is 139 Å². The van der Waals surface area contributed by atoms with Gasteiger partial charge in [0.25, 0.3) is 0 Å². The smallest absolute Gasteiger partial charge is 0.0784 e. The molecule has 0 atom stereocenters. The van der Waals surface area contributed by atoms with E-state index in [4.69, 9.17) is 19.2 Å². The Bertz CT molecular complexity index is 491. The highest BCUT2D eigenvalue weighted by Crippen LogP contribution is 2.09. The fraction of sp³-hybridized carbons (Fsp3) is 1.00. The van der Waals surface area contributed by atoms with Crippen LogP contribution in [-0.2, 0) is 4.57 Å². The van der Waals surface area contributed by atoms with Crippen LogP contribution in [-0.4, -0.2) is 93.5 Å². The Kier molecular flexibility index (Phi) is 35.1. The van der Waals surface area contributed by atoms with Crippen molar-refractivity contribution < 1.29 is 32.7 Å². The van der Waals surface area contributed by atoms with Crippen LogP contribution in [0.4, 0.5) is 0 Å². The molecule has 0 aromatic carbocycles. The van der Waals surface area contributed by atoms with E-state index >= 15 is 0 Å². The van der Waals surface area contributed by atoms with E-state index in [1.165, 1.54) is 149 Å². The van der Waals surface area contributed by atoms with Gasteiger partial charge in [-0.3, -0.25) is 0 Å². The topological polar surface area (TPSA) is 86.2 Å². The number of rotatable bonds is 21. The van der Waals surface area contributed by atoms with Crippen LogP contribution in [0.2, 0.25) is 0 Å². The summed E-state index contributed by atoms with van der Waals surface area (Å²) in [4.78, 5) is 25.6. The molecule has 0 aliphatic carbocycles. The van der Waals surface area contributed by atoms with Crippen molar-refractivity contribution in [3.05, 3.63) is 0 Å². The van der Waals surface area contributed by atoms with Crippen molar-refractivity contribution in [3.63, 3.8) is 0 Å². The third-order valence-corrected chi connectivity index (χ3v) is 9.24. The van der Waals surface area contributed by atoms with Crippen molar-refractivity contribution in [1.82, 2.24) is 0 Å². The van der Waals surface area contributed by atoms with Crippen molar-refractivity contribution in [2.24, 2.45) is 0 Å². The fourth-order valence-electron chi connectivity index (χ4n) is 4.38. The SMILES string of the molecule is CCCCCC[N+](C)(CC)CC.CCCCCC[N+](C)(CC)CC.CCCCCC[N+](C)(CC)CC.O=P([O-])([O-])[O-]. The summed E-state index contributed by atoms with van der Waals surface area (Å²) in [5, 5.41) is 0. The van der Waals surface area contributed by atoms with Gasteiger partial charge in [-0.05, 0) is 80.1 Å². The van der Waals surface area contributed by atoms with Gasteiger partial charge in [-0.2, -0.15) is 7.82 Å². The molecule has 8 heteroatoms. The first kappa shape index (κ1) is 47.9. The van der Waals surface area contributed by atoms with E-state index in [1.54, 1.807) is 0 Å². The Hall–Kier alpha value is -0.0100. The van der Waals surface area contributed by atoms with Crippen molar-refractivity contribution in [3.8, 4) is 0 Å². The Morgan fingerprint density at radius 1 is 0.390 bits per heavy atom. The molecule has 41 heavy (non-hydrogen) atoms. The summed E-state index contributed by atoms with van der Waals surface area (Å²) in [5.41, 5.74) is 0. The lowest BCUT2D eigenvalue weighted by atomic mass is 10.2. The van der Waals surface area contributed by atoms with Crippen molar-refractivity contribution >= 4 is 7.82 Å². The molecule has 0 rings (SSSR count). The highest BCUT2D eigenvalue weighted by atomic mass is 31.2. The summed E-state index contributed by atoms with van der Waals surface area (Å²) in [5.74, 6) is 0. The third kappa shape index (κ3) is 38.0. The number of hydrogen-bond acceptors (Lipinski definition) is 4. The van der Waals surface area contributed by atoms with E-state index in [2.05, 4.69) is 83.5 Å². The first-order valence-electron chi connectivity index (χ1n) is 17.3. The van der Waals surface area contributed by atoms with E-state index in [0.717, 1.165) is 0 Å². The van der Waals surface area contributed by atoms with Crippen LogP contribution in [0, 0.1) is 0 Å². The molecule has 0 saturated heterocycles. The quantitative estimate of drug-likeness (QED) is 0.0862. The standard InChI is InChI=1S/3C11H26N.H3O4P/c3*1-5-8-9-10-11-12(4,6-2)7-3;1-5(2,3)4/h3*5-11H2,1-4H3;(H3,1,2,3,4)/q3*+1;/p-3. The van der Waals surface area contributed by atoms with Crippen molar-refractivity contribution in [1.29, 1.82) is 0 Å². The summed E-state index contributed by atoms with van der Waals surface area (Å²) >= 11 is 0. The summed E-state index contributed by atoms with van der Waals surface area (Å²) in [6.07, 6.45) is 16.8. The zero-order valence-corrected chi connectivity index (χ0v) is 31.2. The number of phosphoric acid groups is 1. The fourth-order valence-corrected chi connectivity index (χ4v) is 4.38. The average Bonchev–Trinajstić information content (AvgIpc) is 2.95. The van der Waals surface area contributed by atoms with Gasteiger partial charge >= 0.3 is 0 Å². The minimum absolute atomic E-state index is 1.25. The molecule has 0 spiro atoms. The zero-order chi connectivity index (χ0) is 32.8. The van der Waals surface area contributed by atoms with Crippen LogP contribution in [0.25, 0.3) is 0 Å². The van der Waals surface area contributed by atoms with Gasteiger partial charge in [-0.1, -0.05) is 59.3 Å². The highest BCUT2D eigenvalue weighted by molar-refractivity contribution is 7.40. The average molecular weight is 612 g/mol. The van der Waals surface area contributed by atoms with Gasteiger partial charge in [-0.25, -0.2) is 0 Å². The summed E-state index contributed by atoms with van der Waals surface area (Å²) in [7, 11) is 1.71. The van der Waals surface area contributed by atoms with Gasteiger partial charge < -0.3 is 32.7 Å². The molecular formula is C33H78N3O4P. The molecule has 0 unspecified atom stereocenters. The third-order valence-electron chi connectivity index (χ3n) is 9.24. The molecule has 0 radical (unpaired) electrons. The van der Waals surface area contributed by atoms with Crippen LogP contribution in [0.15, 0.2) is 0 Å². The van der Waals surface area contributed by atoms with Crippen LogP contribution in [0.3, 0.4) is 0 Å². The molecule has 0 bridgehead atoms. The summed E-state index contributed by atoms with van der Waals surface area (Å²) in [6.45, 7) is 32.4. The monoisotopic (exact) mass is 612 g/mol. The maximum atomic E-state index is 8.55. The first-order chi connectivity index (χ1) is 19.0. The van der Waals surface area contributed by atoms with E-state index in [-0.39, 0.29) is 0 Å². The predicted octanol–water partition coefficient (Wildman–Crippen LogP) is 6.33. The van der Waals surface area contributed by atoms with E-state index in [9.17, 15) is 0 Å². The molecule has 0 aromatic heterocycles. The first-order valence-corrected chi connectivity index (χ1v) is 18.7. The van der Waals surface area contributed by atoms with E-state index < -0.39 is 7.82 Å². The van der Waals surface area contributed by atoms with Gasteiger partial charge in [-0.15, -0.1) is 0 Å². The summed E-state index contributed by atoms with van der Waals surface area (Å²) < 4.78 is 12.3. The Morgan fingerprint density at radius 3 is 0.683 bits per heavy atom. The van der Waals surface area contributed by atoms with Gasteiger partial charge in [0.1, 0.15) is 0 Å². The van der Waals surface area contributed by atoms with Crippen molar-refractivity contribution in [2.75, 3.05) is 80.0 Å². The van der Waals surface area contributed by atoms with E-state index in [0.29, 0.717) is 0 Å². The molecule has 0 amide bonds. The maximum absolute atomic E-state index is 8.55. The predicted molar refractivity (Wildman–Crippen MR) is 176 cm³/mol. The van der Waals surface area contributed by atoms with Gasteiger partial charge in [0.15, 0.2) is 0 Å². The number of nitrogens with zero attached hydrogens (tertiary/aromatic N) is 3. The molecule has 0 fully saturated rings. The molecular weight excluding hydrogens is 533 g/mol. The molecule has 0 heterocycles. The van der Waals surface area contributed by atoms with Crippen LogP contribution in [0.5, 0.6) is 0 Å². The Morgan fingerprint density at radius 2 is 0.561 bits per heavy atom. The molecule has 0 saturated carbocycles. The number of unbranched alkanes of at least 4 members (excludes halogenated alkanes) is 9.